The largest absolute Gasteiger partial charge is 0.440 e. The molecule has 1 N–H and O–H groups in total. The third kappa shape index (κ3) is 2.93. The van der Waals surface area contributed by atoms with Crippen LogP contribution in [0.5, 0.6) is 0 Å². The molecule has 0 atom stereocenters. The topological polar surface area (TPSA) is 55.1 Å². The normalized spacial score (nSPS) is 16.2. The summed E-state index contributed by atoms with van der Waals surface area (Å²) in [5, 5.41) is 2.98. The highest BCUT2D eigenvalue weighted by Crippen LogP contribution is 2.40. The van der Waals surface area contributed by atoms with Gasteiger partial charge in [0.1, 0.15) is 5.52 Å². The summed E-state index contributed by atoms with van der Waals surface area (Å²) < 4.78 is 5.77. The lowest BCUT2D eigenvalue weighted by Crippen LogP contribution is -2.14. The fraction of sp³-hybridized carbons (Fsp3) is 0.333. The smallest absolute Gasteiger partial charge is 0.228 e. The van der Waals surface area contributed by atoms with Crippen LogP contribution in [-0.4, -0.2) is 10.9 Å². The molecule has 0 bridgehead atoms. The maximum atomic E-state index is 12.4. The van der Waals surface area contributed by atoms with Gasteiger partial charge in [0.2, 0.25) is 5.91 Å². The van der Waals surface area contributed by atoms with E-state index in [1.165, 1.54) is 24.0 Å². The highest BCUT2D eigenvalue weighted by atomic mass is 16.3. The van der Waals surface area contributed by atoms with Gasteiger partial charge in [-0.05, 0) is 67.0 Å². The summed E-state index contributed by atoms with van der Waals surface area (Å²) in [6, 6.07) is 12.1. The Kier molecular flexibility index (Phi) is 3.37. The molecule has 0 spiro atoms. The van der Waals surface area contributed by atoms with Gasteiger partial charge in [-0.15, -0.1) is 0 Å². The van der Waals surface area contributed by atoms with Crippen molar-refractivity contribution in [3.63, 3.8) is 0 Å². The van der Waals surface area contributed by atoms with E-state index in [1.54, 1.807) is 0 Å². The number of aromatic nitrogens is 1. The van der Waals surface area contributed by atoms with E-state index in [0.29, 0.717) is 12.3 Å². The summed E-state index contributed by atoms with van der Waals surface area (Å²) in [5.74, 6) is 1.32. The van der Waals surface area contributed by atoms with Crippen LogP contribution in [0.2, 0.25) is 0 Å². The fourth-order valence-corrected chi connectivity index (χ4v) is 3.65. The molecule has 0 radical (unpaired) electrons. The number of oxazole rings is 1. The number of aryl methyl sites for hydroxylation is 2. The van der Waals surface area contributed by atoms with E-state index < -0.39 is 0 Å². The lowest BCUT2D eigenvalue weighted by Gasteiger charge is -2.07. The van der Waals surface area contributed by atoms with Gasteiger partial charge in [-0.25, -0.2) is 4.98 Å². The lowest BCUT2D eigenvalue weighted by molar-refractivity contribution is -0.115. The number of carbonyl (C=O) groups excluding carboxylic acids is 1. The van der Waals surface area contributed by atoms with Crippen LogP contribution in [0, 0.1) is 0 Å². The van der Waals surface area contributed by atoms with Crippen LogP contribution in [-0.2, 0) is 24.1 Å². The Morgan fingerprint density at radius 2 is 2.00 bits per heavy atom. The molecule has 2 aromatic carbocycles. The molecule has 0 aliphatic heterocycles. The van der Waals surface area contributed by atoms with E-state index in [2.05, 4.69) is 28.5 Å². The van der Waals surface area contributed by atoms with Crippen LogP contribution >= 0.6 is 0 Å². The van der Waals surface area contributed by atoms with E-state index in [1.807, 2.05) is 18.2 Å². The van der Waals surface area contributed by atoms with Crippen LogP contribution in [0.3, 0.4) is 0 Å². The summed E-state index contributed by atoms with van der Waals surface area (Å²) in [7, 11) is 0. The average Bonchev–Trinajstić information content (AvgIpc) is 3.20. The maximum absolute atomic E-state index is 12.4. The summed E-state index contributed by atoms with van der Waals surface area (Å²) >= 11 is 0. The van der Waals surface area contributed by atoms with Gasteiger partial charge >= 0.3 is 0 Å². The van der Waals surface area contributed by atoms with Crippen molar-refractivity contribution in [3.8, 4) is 0 Å². The van der Waals surface area contributed by atoms with Crippen molar-refractivity contribution >= 4 is 22.7 Å². The Bertz CT molecular complexity index is 969. The Labute approximate surface area is 146 Å². The van der Waals surface area contributed by atoms with Crippen LogP contribution < -0.4 is 5.32 Å². The zero-order chi connectivity index (χ0) is 16.8. The van der Waals surface area contributed by atoms with Gasteiger partial charge in [0.15, 0.2) is 11.5 Å². The molecule has 0 saturated heterocycles. The number of nitrogens with zero attached hydrogens (tertiary/aromatic N) is 1. The minimum atomic E-state index is 0.00297. The molecule has 1 aromatic heterocycles. The third-order valence-electron chi connectivity index (χ3n) is 5.14. The first kappa shape index (κ1) is 14.7. The molecule has 1 saturated carbocycles. The second kappa shape index (κ2) is 5.73. The predicted molar refractivity (Wildman–Crippen MR) is 96.8 cm³/mol. The van der Waals surface area contributed by atoms with E-state index in [9.17, 15) is 4.79 Å². The number of anilines is 1. The second-order valence-corrected chi connectivity index (χ2v) is 7.19. The first-order valence-electron chi connectivity index (χ1n) is 9.06. The number of carbonyl (C=O) groups is 1. The zero-order valence-electron chi connectivity index (χ0n) is 14.0. The van der Waals surface area contributed by atoms with E-state index in [4.69, 9.17) is 4.42 Å². The Balaban J connectivity index is 1.30. The first-order valence-corrected chi connectivity index (χ1v) is 9.06. The Morgan fingerprint density at radius 3 is 2.88 bits per heavy atom. The van der Waals surface area contributed by atoms with Crippen molar-refractivity contribution in [2.45, 2.75) is 44.4 Å². The molecule has 126 valence electrons. The number of benzene rings is 2. The van der Waals surface area contributed by atoms with Crippen LogP contribution in [0.1, 0.15) is 47.8 Å². The van der Waals surface area contributed by atoms with Crippen molar-refractivity contribution in [1.82, 2.24) is 4.98 Å². The SMILES string of the molecule is O=C(Cc1ccc2c(c1)CCC2)Nc1ccc2oc(C3CC3)nc2c1. The van der Waals surface area contributed by atoms with Crippen LogP contribution in [0.15, 0.2) is 40.8 Å². The molecule has 0 unspecified atom stereocenters. The summed E-state index contributed by atoms with van der Waals surface area (Å²) in [5.41, 5.74) is 6.30. The number of hydrogen-bond acceptors (Lipinski definition) is 3. The number of rotatable bonds is 4. The molecule has 5 rings (SSSR count). The van der Waals surface area contributed by atoms with Gasteiger partial charge in [0.25, 0.3) is 0 Å². The molecule has 2 aliphatic carbocycles. The van der Waals surface area contributed by atoms with E-state index >= 15 is 0 Å². The molecule has 1 amide bonds. The van der Waals surface area contributed by atoms with Crippen molar-refractivity contribution in [1.29, 1.82) is 0 Å². The number of amides is 1. The zero-order valence-corrected chi connectivity index (χ0v) is 14.0. The van der Waals surface area contributed by atoms with Gasteiger partial charge in [0, 0.05) is 11.6 Å². The molecule has 2 aliphatic rings. The quantitative estimate of drug-likeness (QED) is 0.771. The van der Waals surface area contributed by atoms with Gasteiger partial charge in [0.05, 0.1) is 6.42 Å². The molecular formula is C21H20N2O2. The Hall–Kier alpha value is -2.62. The van der Waals surface area contributed by atoms with Crippen LogP contribution in [0.4, 0.5) is 5.69 Å². The highest BCUT2D eigenvalue weighted by Gasteiger charge is 2.28. The maximum Gasteiger partial charge on any atom is 0.228 e. The number of nitrogens with one attached hydrogen (secondary N) is 1. The highest BCUT2D eigenvalue weighted by molar-refractivity contribution is 5.94. The minimum absolute atomic E-state index is 0.00297. The number of hydrogen-bond donors (Lipinski definition) is 1. The lowest BCUT2D eigenvalue weighted by atomic mass is 10.0. The van der Waals surface area contributed by atoms with Gasteiger partial charge in [-0.3, -0.25) is 4.79 Å². The molecule has 4 heteroatoms. The molecule has 3 aromatic rings. The monoisotopic (exact) mass is 332 g/mol. The van der Waals surface area contributed by atoms with Crippen molar-refractivity contribution in [3.05, 3.63) is 59.0 Å². The fourth-order valence-electron chi connectivity index (χ4n) is 3.65. The molecule has 1 heterocycles. The van der Waals surface area contributed by atoms with E-state index in [-0.39, 0.29) is 5.91 Å². The summed E-state index contributed by atoms with van der Waals surface area (Å²) in [6.45, 7) is 0. The molecule has 1 fully saturated rings. The second-order valence-electron chi connectivity index (χ2n) is 7.19. The standard InChI is InChI=1S/C21H20N2O2/c24-20(11-13-4-5-14-2-1-3-16(14)10-13)22-17-8-9-19-18(12-17)23-21(25-19)15-6-7-15/h4-5,8-10,12,15H,1-3,6-7,11H2,(H,22,24). The van der Waals surface area contributed by atoms with Crippen LogP contribution in [0.25, 0.3) is 11.1 Å². The van der Waals surface area contributed by atoms with Crippen molar-refractivity contribution in [2.24, 2.45) is 0 Å². The first-order chi connectivity index (χ1) is 12.2. The average molecular weight is 332 g/mol. The molecular weight excluding hydrogens is 312 g/mol. The van der Waals surface area contributed by atoms with Gasteiger partial charge in [-0.1, -0.05) is 18.2 Å². The van der Waals surface area contributed by atoms with Crippen molar-refractivity contribution in [2.75, 3.05) is 5.32 Å². The molecule has 4 nitrogen and oxygen atoms in total. The minimum Gasteiger partial charge on any atom is -0.440 e. The Morgan fingerprint density at radius 1 is 1.12 bits per heavy atom. The molecule has 25 heavy (non-hydrogen) atoms. The predicted octanol–water partition coefficient (Wildman–Crippen LogP) is 4.38. The number of fused-ring (bicyclic) bond motifs is 2. The van der Waals surface area contributed by atoms with Crippen molar-refractivity contribution < 1.29 is 9.21 Å². The van der Waals surface area contributed by atoms with E-state index in [0.717, 1.165) is 47.5 Å². The van der Waals surface area contributed by atoms with Gasteiger partial charge < -0.3 is 9.73 Å². The van der Waals surface area contributed by atoms with Gasteiger partial charge in [-0.2, -0.15) is 0 Å². The third-order valence-corrected chi connectivity index (χ3v) is 5.14. The summed E-state index contributed by atoms with van der Waals surface area (Å²) in [4.78, 5) is 16.9. The summed E-state index contributed by atoms with van der Waals surface area (Å²) in [6.07, 6.45) is 6.26.